The van der Waals surface area contributed by atoms with Crippen LogP contribution in [0.3, 0.4) is 0 Å². The van der Waals surface area contributed by atoms with Crippen LogP contribution in [-0.2, 0) is 27.2 Å². The highest BCUT2D eigenvalue weighted by atomic mass is 31.2. The Morgan fingerprint density at radius 2 is 1.43 bits per heavy atom. The molecule has 0 aliphatic rings. The average Bonchev–Trinajstić information content (AvgIpc) is 2.68. The van der Waals surface area contributed by atoms with Crippen molar-refractivity contribution < 1.29 is 31.6 Å². The van der Waals surface area contributed by atoms with Gasteiger partial charge in [0, 0.05) is 0 Å². The molecule has 30 heavy (non-hydrogen) atoms. The van der Waals surface area contributed by atoms with Crippen LogP contribution in [0.1, 0.15) is 38.8 Å². The van der Waals surface area contributed by atoms with Crippen molar-refractivity contribution in [3.8, 4) is 0 Å². The van der Waals surface area contributed by atoms with Crippen LogP contribution in [0.15, 0.2) is 38.7 Å². The molecule has 0 aliphatic carbocycles. The minimum Gasteiger partial charge on any atom is -0.463 e. The van der Waals surface area contributed by atoms with Crippen LogP contribution in [0, 0.1) is 6.92 Å². The Kier molecular flexibility index (Phi) is 8.80. The van der Waals surface area contributed by atoms with Crippen molar-refractivity contribution in [2.75, 3.05) is 26.4 Å². The number of rotatable bonds is 11. The van der Waals surface area contributed by atoms with Crippen LogP contribution in [0.5, 0.6) is 0 Å². The fraction of sp³-hybridized carbons (Fsp3) is 0.450. The summed E-state index contributed by atoms with van der Waals surface area (Å²) in [6.45, 7) is 8.47. The minimum absolute atomic E-state index is 0.0262. The Labute approximate surface area is 176 Å². The molecule has 0 saturated carbocycles. The molecular formula is C20H28O8P2. The van der Waals surface area contributed by atoms with Crippen molar-refractivity contribution in [3.05, 3.63) is 50.9 Å². The summed E-state index contributed by atoms with van der Waals surface area (Å²) in [6, 6.07) is 5.20. The molecule has 0 spiro atoms. The molecular weight excluding hydrogens is 430 g/mol. The Bertz CT molecular complexity index is 1000. The Morgan fingerprint density at radius 3 is 1.90 bits per heavy atom. The van der Waals surface area contributed by atoms with Gasteiger partial charge in [-0.25, -0.2) is 0 Å². The Morgan fingerprint density at radius 1 is 0.933 bits per heavy atom. The van der Waals surface area contributed by atoms with Crippen molar-refractivity contribution in [1.29, 1.82) is 0 Å². The molecule has 8 nitrogen and oxygen atoms in total. The van der Waals surface area contributed by atoms with Gasteiger partial charge < -0.3 is 22.5 Å². The maximum Gasteiger partial charge on any atom is 0.369 e. The van der Waals surface area contributed by atoms with Gasteiger partial charge in [0.25, 0.3) is 0 Å². The highest BCUT2D eigenvalue weighted by Crippen LogP contribution is 2.74. The van der Waals surface area contributed by atoms with Crippen molar-refractivity contribution in [1.82, 2.24) is 0 Å². The van der Waals surface area contributed by atoms with E-state index < -0.39 is 15.2 Å². The Hall–Kier alpha value is -1.53. The summed E-state index contributed by atoms with van der Waals surface area (Å²) in [6.07, 6.45) is 2.40. The van der Waals surface area contributed by atoms with Gasteiger partial charge in [-0.05, 0) is 52.8 Å². The zero-order valence-electron chi connectivity index (χ0n) is 17.9. The van der Waals surface area contributed by atoms with E-state index in [9.17, 15) is 13.9 Å². The number of benzene rings is 1. The number of hydrogen-bond donors (Lipinski definition) is 0. The SMILES string of the molecule is CCOP(=O)(OCC)C(=Cc1coc2ccc(C)cc2c1=O)P(=O)(OCC)OCC. The van der Waals surface area contributed by atoms with Gasteiger partial charge in [-0.3, -0.25) is 13.9 Å². The molecule has 0 bridgehead atoms. The van der Waals surface area contributed by atoms with Crippen LogP contribution in [-0.4, -0.2) is 26.4 Å². The lowest BCUT2D eigenvalue weighted by molar-refractivity contribution is 0.214. The maximum atomic E-state index is 13.6. The standard InChI is InChI=1S/C20H28O8P2/c1-6-25-29(22,26-7-2)19(30(23,27-8-3)28-9-4)13-16-14-24-18-11-10-15(5)12-17(18)20(16)21/h10-14H,6-9H2,1-5H3. The predicted molar refractivity (Wildman–Crippen MR) is 117 cm³/mol. The fourth-order valence-corrected chi connectivity index (χ4v) is 7.35. The average molecular weight is 458 g/mol. The molecule has 2 rings (SSSR count). The summed E-state index contributed by atoms with van der Waals surface area (Å²) in [5, 5.41) is 0.00936. The molecule has 166 valence electrons. The number of aryl methyl sites for hydroxylation is 1. The van der Waals surface area contributed by atoms with Gasteiger partial charge in [0.1, 0.15) is 11.8 Å². The third-order valence-electron chi connectivity index (χ3n) is 4.00. The van der Waals surface area contributed by atoms with Gasteiger partial charge in [-0.15, -0.1) is 0 Å². The van der Waals surface area contributed by atoms with E-state index in [2.05, 4.69) is 0 Å². The van der Waals surface area contributed by atoms with Gasteiger partial charge in [0.2, 0.25) is 0 Å². The molecule has 1 heterocycles. The van der Waals surface area contributed by atoms with Gasteiger partial charge in [-0.1, -0.05) is 11.6 Å². The van der Waals surface area contributed by atoms with Crippen LogP contribution in [0.25, 0.3) is 17.0 Å². The Balaban J connectivity index is 2.82. The second-order valence-electron chi connectivity index (χ2n) is 6.19. The first-order chi connectivity index (χ1) is 14.2. The molecule has 0 fully saturated rings. The quantitative estimate of drug-likeness (QED) is 0.382. The second kappa shape index (κ2) is 10.7. The molecule has 0 N–H and O–H groups in total. The van der Waals surface area contributed by atoms with E-state index in [1.165, 1.54) is 12.3 Å². The molecule has 1 aromatic heterocycles. The van der Waals surface area contributed by atoms with Crippen LogP contribution in [0.4, 0.5) is 0 Å². The van der Waals surface area contributed by atoms with E-state index in [0.717, 1.165) is 5.56 Å². The zero-order valence-corrected chi connectivity index (χ0v) is 19.7. The molecule has 0 saturated heterocycles. The van der Waals surface area contributed by atoms with E-state index in [-0.39, 0.29) is 42.5 Å². The van der Waals surface area contributed by atoms with Crippen molar-refractivity contribution in [2.45, 2.75) is 34.6 Å². The first-order valence-electron chi connectivity index (χ1n) is 9.77. The smallest absolute Gasteiger partial charge is 0.369 e. The van der Waals surface area contributed by atoms with Gasteiger partial charge >= 0.3 is 15.2 Å². The molecule has 1 aromatic carbocycles. The molecule has 10 heteroatoms. The number of hydrogen-bond acceptors (Lipinski definition) is 8. The third kappa shape index (κ3) is 5.38. The lowest BCUT2D eigenvalue weighted by Gasteiger charge is -2.25. The van der Waals surface area contributed by atoms with E-state index in [1.54, 1.807) is 39.8 Å². The summed E-state index contributed by atoms with van der Waals surface area (Å²) in [4.78, 5) is 13.1. The summed E-state index contributed by atoms with van der Waals surface area (Å²) in [5.41, 5.74) is 0.929. The van der Waals surface area contributed by atoms with Crippen LogP contribution >= 0.6 is 15.2 Å². The molecule has 2 aromatic rings. The highest BCUT2D eigenvalue weighted by Gasteiger charge is 2.45. The first-order valence-corrected chi connectivity index (χ1v) is 12.9. The van der Waals surface area contributed by atoms with Crippen molar-refractivity contribution in [3.63, 3.8) is 0 Å². The van der Waals surface area contributed by atoms with Gasteiger partial charge in [0.15, 0.2) is 10.5 Å². The lowest BCUT2D eigenvalue weighted by atomic mass is 10.1. The van der Waals surface area contributed by atoms with E-state index in [1.807, 2.05) is 13.0 Å². The van der Waals surface area contributed by atoms with E-state index in [0.29, 0.717) is 11.0 Å². The minimum atomic E-state index is -4.10. The first kappa shape index (κ1) is 24.7. The summed E-state index contributed by atoms with van der Waals surface area (Å²) >= 11 is 0. The molecule has 0 aliphatic heterocycles. The maximum absolute atomic E-state index is 13.6. The van der Waals surface area contributed by atoms with Crippen LogP contribution < -0.4 is 5.43 Å². The molecule has 0 radical (unpaired) electrons. The molecule has 0 unspecified atom stereocenters. The fourth-order valence-electron chi connectivity index (χ4n) is 2.83. The summed E-state index contributed by atoms with van der Waals surface area (Å²) < 4.78 is 54.2. The highest BCUT2D eigenvalue weighted by molar-refractivity contribution is 7.79. The van der Waals surface area contributed by atoms with Gasteiger partial charge in [0.05, 0.1) is 37.4 Å². The van der Waals surface area contributed by atoms with Crippen molar-refractivity contribution >= 4 is 32.2 Å². The largest absolute Gasteiger partial charge is 0.463 e. The topological polar surface area (TPSA) is 101 Å². The zero-order chi connectivity index (χ0) is 22.4. The normalized spacial score (nSPS) is 12.3. The van der Waals surface area contributed by atoms with E-state index >= 15 is 0 Å². The van der Waals surface area contributed by atoms with Gasteiger partial charge in [-0.2, -0.15) is 0 Å². The molecule has 0 amide bonds. The molecule has 0 atom stereocenters. The predicted octanol–water partition coefficient (Wildman–Crippen LogP) is 5.93. The third-order valence-corrected chi connectivity index (χ3v) is 9.24. The van der Waals surface area contributed by atoms with Crippen LogP contribution in [0.2, 0.25) is 0 Å². The van der Waals surface area contributed by atoms with E-state index in [4.69, 9.17) is 22.5 Å². The monoisotopic (exact) mass is 458 g/mol. The summed E-state index contributed by atoms with van der Waals surface area (Å²) in [7, 11) is -8.20. The summed E-state index contributed by atoms with van der Waals surface area (Å²) in [5.74, 6) is 0. The second-order valence-corrected chi connectivity index (χ2v) is 10.5. The van der Waals surface area contributed by atoms with Crippen molar-refractivity contribution in [2.24, 2.45) is 0 Å². The lowest BCUT2D eigenvalue weighted by Crippen LogP contribution is -2.08. The number of fused-ring (bicyclic) bond motifs is 1.